The van der Waals surface area contributed by atoms with Gasteiger partial charge in [-0.15, -0.1) is 0 Å². The largest absolute Gasteiger partial charge is 0.396 e. The van der Waals surface area contributed by atoms with Crippen molar-refractivity contribution in [1.29, 1.82) is 0 Å². The van der Waals surface area contributed by atoms with Crippen LogP contribution in [0.3, 0.4) is 0 Å². The van der Waals surface area contributed by atoms with Gasteiger partial charge in [0.25, 0.3) is 5.91 Å². The molecule has 25 heavy (non-hydrogen) atoms. The van der Waals surface area contributed by atoms with Crippen molar-refractivity contribution in [2.24, 2.45) is 5.92 Å². The average Bonchev–Trinajstić information content (AvgIpc) is 3.03. The zero-order chi connectivity index (χ0) is 18.0. The quantitative estimate of drug-likeness (QED) is 0.835. The minimum absolute atomic E-state index is 0.0392. The van der Waals surface area contributed by atoms with Gasteiger partial charge in [-0.25, -0.2) is 0 Å². The van der Waals surface area contributed by atoms with Gasteiger partial charge in [0.2, 0.25) is 0 Å². The maximum absolute atomic E-state index is 12.9. The van der Waals surface area contributed by atoms with Crippen molar-refractivity contribution in [3.63, 3.8) is 0 Å². The minimum atomic E-state index is -0.0788. The number of aryl methyl sites for hydroxylation is 2. The Balaban J connectivity index is 1.83. The van der Waals surface area contributed by atoms with Crippen LogP contribution < -0.4 is 5.32 Å². The third-order valence-electron chi connectivity index (χ3n) is 5.23. The Bertz CT molecular complexity index is 747. The first-order chi connectivity index (χ1) is 12.0. The number of aromatic nitrogens is 2. The van der Waals surface area contributed by atoms with Crippen LogP contribution in [-0.2, 0) is 0 Å². The van der Waals surface area contributed by atoms with E-state index in [1.807, 2.05) is 37.5 Å². The van der Waals surface area contributed by atoms with Crippen LogP contribution in [0, 0.1) is 26.7 Å². The predicted molar refractivity (Wildman–Crippen MR) is 95.0 cm³/mol. The molecule has 2 aromatic rings. The monoisotopic (exact) mass is 345 g/mol. The number of carbonyl (C=O) groups excluding carboxylic acids is 1. The van der Waals surface area contributed by atoms with E-state index in [1.165, 1.54) is 6.42 Å². The van der Waals surface area contributed by atoms with Crippen molar-refractivity contribution < 1.29 is 14.4 Å². The van der Waals surface area contributed by atoms with Crippen molar-refractivity contribution in [3.8, 4) is 5.82 Å². The molecular formula is C19H27N3O3. The Morgan fingerprint density at radius 1 is 1.28 bits per heavy atom. The molecule has 0 aromatic carbocycles. The van der Waals surface area contributed by atoms with Gasteiger partial charge < -0.3 is 14.9 Å². The number of nitrogens with zero attached hydrogens (tertiary/aromatic N) is 2. The number of aliphatic hydroxyl groups is 1. The number of hydrogen-bond donors (Lipinski definition) is 2. The van der Waals surface area contributed by atoms with Crippen LogP contribution in [-0.4, -0.2) is 33.4 Å². The number of amides is 1. The van der Waals surface area contributed by atoms with Crippen LogP contribution in [0.4, 0.5) is 0 Å². The molecular weight excluding hydrogens is 318 g/mol. The van der Waals surface area contributed by atoms with Crippen LogP contribution in [0.25, 0.3) is 5.82 Å². The lowest BCUT2D eigenvalue weighted by Crippen LogP contribution is -2.41. The lowest BCUT2D eigenvalue weighted by Gasteiger charge is -2.24. The van der Waals surface area contributed by atoms with E-state index in [9.17, 15) is 9.90 Å². The van der Waals surface area contributed by atoms with Crippen LogP contribution in [0.1, 0.15) is 59.6 Å². The molecule has 0 bridgehead atoms. The number of aliphatic hydroxyl groups excluding tert-OH is 1. The van der Waals surface area contributed by atoms with Crippen LogP contribution in [0.15, 0.2) is 16.7 Å². The van der Waals surface area contributed by atoms with Gasteiger partial charge in [-0.1, -0.05) is 24.4 Å². The predicted octanol–water partition coefficient (Wildman–Crippen LogP) is 3.06. The molecule has 0 aliphatic heterocycles. The highest BCUT2D eigenvalue weighted by Crippen LogP contribution is 2.25. The molecule has 6 nitrogen and oxygen atoms in total. The maximum Gasteiger partial charge on any atom is 0.253 e. The fraction of sp³-hybridized carbons (Fsp3) is 0.579. The summed E-state index contributed by atoms with van der Waals surface area (Å²) in [4.78, 5) is 12.9. The second kappa shape index (κ2) is 7.44. The van der Waals surface area contributed by atoms with Gasteiger partial charge in [0.05, 0.1) is 5.56 Å². The molecule has 1 aliphatic rings. The Morgan fingerprint density at radius 3 is 2.72 bits per heavy atom. The molecule has 2 unspecified atom stereocenters. The van der Waals surface area contributed by atoms with Gasteiger partial charge in [0.15, 0.2) is 5.82 Å². The summed E-state index contributed by atoms with van der Waals surface area (Å²) in [7, 11) is 0. The van der Waals surface area contributed by atoms with Crippen LogP contribution >= 0.6 is 0 Å². The van der Waals surface area contributed by atoms with Crippen LogP contribution in [0.5, 0.6) is 0 Å². The molecule has 6 heteroatoms. The zero-order valence-corrected chi connectivity index (χ0v) is 15.2. The van der Waals surface area contributed by atoms with E-state index in [0.717, 1.165) is 42.8 Å². The summed E-state index contributed by atoms with van der Waals surface area (Å²) >= 11 is 0. The van der Waals surface area contributed by atoms with E-state index in [0.29, 0.717) is 11.4 Å². The van der Waals surface area contributed by atoms with Crippen molar-refractivity contribution in [3.05, 3.63) is 34.8 Å². The Hall–Kier alpha value is -2.08. The molecule has 1 amide bonds. The van der Waals surface area contributed by atoms with E-state index in [1.54, 1.807) is 0 Å². The average molecular weight is 345 g/mol. The molecule has 2 heterocycles. The summed E-state index contributed by atoms with van der Waals surface area (Å²) in [6.45, 7) is 5.85. The fourth-order valence-corrected chi connectivity index (χ4v) is 3.84. The SMILES string of the molecule is Cc1cc(-n2c(C)cc(C(=O)NC3CCCCCC3CO)c2C)no1. The fourth-order valence-electron chi connectivity index (χ4n) is 3.84. The van der Waals surface area contributed by atoms with Gasteiger partial charge in [-0.3, -0.25) is 9.36 Å². The van der Waals surface area contributed by atoms with Gasteiger partial charge in [0, 0.05) is 36.0 Å². The molecule has 3 rings (SSSR count). The third-order valence-corrected chi connectivity index (χ3v) is 5.23. The first-order valence-corrected chi connectivity index (χ1v) is 9.05. The lowest BCUT2D eigenvalue weighted by molar-refractivity contribution is 0.0899. The normalized spacial score (nSPS) is 21.1. The van der Waals surface area contributed by atoms with Gasteiger partial charge >= 0.3 is 0 Å². The molecule has 0 radical (unpaired) electrons. The molecule has 1 fully saturated rings. The van der Waals surface area contributed by atoms with Gasteiger partial charge in [-0.2, -0.15) is 0 Å². The Kier molecular flexibility index (Phi) is 5.27. The number of nitrogens with one attached hydrogen (secondary N) is 1. The van der Waals surface area contributed by atoms with Gasteiger partial charge in [0.1, 0.15) is 5.76 Å². The highest BCUT2D eigenvalue weighted by atomic mass is 16.5. The molecule has 2 aromatic heterocycles. The zero-order valence-electron chi connectivity index (χ0n) is 15.2. The highest BCUT2D eigenvalue weighted by molar-refractivity contribution is 5.96. The first kappa shape index (κ1) is 17.7. The van der Waals surface area contributed by atoms with Crippen molar-refractivity contribution in [2.75, 3.05) is 6.61 Å². The lowest BCUT2D eigenvalue weighted by atomic mass is 9.95. The maximum atomic E-state index is 12.9. The minimum Gasteiger partial charge on any atom is -0.396 e. The van der Waals surface area contributed by atoms with E-state index >= 15 is 0 Å². The molecule has 1 saturated carbocycles. The smallest absolute Gasteiger partial charge is 0.253 e. The summed E-state index contributed by atoms with van der Waals surface area (Å²) in [5.74, 6) is 1.49. The van der Waals surface area contributed by atoms with E-state index in [4.69, 9.17) is 4.52 Å². The number of carbonyl (C=O) groups is 1. The molecule has 136 valence electrons. The summed E-state index contributed by atoms with van der Waals surface area (Å²) in [5.41, 5.74) is 2.44. The van der Waals surface area contributed by atoms with Gasteiger partial charge in [-0.05, 0) is 39.7 Å². The summed E-state index contributed by atoms with van der Waals surface area (Å²) in [6, 6.07) is 3.78. The standard InChI is InChI=1S/C19H27N3O3/c1-12-9-16(14(3)22(12)18-10-13(2)25-21-18)19(24)20-17-8-6-4-5-7-15(17)11-23/h9-10,15,17,23H,4-8,11H2,1-3H3,(H,20,24). The number of rotatable bonds is 4. The summed E-state index contributed by atoms with van der Waals surface area (Å²) in [6.07, 6.45) is 5.29. The summed E-state index contributed by atoms with van der Waals surface area (Å²) in [5, 5.41) is 16.9. The molecule has 2 N–H and O–H groups in total. The third kappa shape index (κ3) is 3.63. The van der Waals surface area contributed by atoms with Crippen LogP contribution in [0.2, 0.25) is 0 Å². The Labute approximate surface area is 148 Å². The highest BCUT2D eigenvalue weighted by Gasteiger charge is 2.26. The topological polar surface area (TPSA) is 80.3 Å². The van der Waals surface area contributed by atoms with Crippen molar-refractivity contribution >= 4 is 5.91 Å². The van der Waals surface area contributed by atoms with Crippen molar-refractivity contribution in [1.82, 2.24) is 15.0 Å². The van der Waals surface area contributed by atoms with E-state index in [2.05, 4.69) is 10.5 Å². The second-order valence-corrected chi connectivity index (χ2v) is 7.08. The second-order valence-electron chi connectivity index (χ2n) is 7.08. The molecule has 0 spiro atoms. The first-order valence-electron chi connectivity index (χ1n) is 9.05. The summed E-state index contributed by atoms with van der Waals surface area (Å²) < 4.78 is 7.10. The van der Waals surface area contributed by atoms with E-state index < -0.39 is 0 Å². The number of hydrogen-bond acceptors (Lipinski definition) is 4. The Morgan fingerprint density at radius 2 is 2.04 bits per heavy atom. The molecule has 0 saturated heterocycles. The van der Waals surface area contributed by atoms with E-state index in [-0.39, 0.29) is 24.5 Å². The molecule has 1 aliphatic carbocycles. The molecule has 2 atom stereocenters. The van der Waals surface area contributed by atoms with Crippen molar-refractivity contribution in [2.45, 2.75) is 58.9 Å².